The molecule has 112 valence electrons. The number of benzene rings is 1. The van der Waals surface area contributed by atoms with Gasteiger partial charge in [-0.1, -0.05) is 12.1 Å². The molecule has 0 amide bonds. The van der Waals surface area contributed by atoms with Crippen LogP contribution in [-0.2, 0) is 15.9 Å². The van der Waals surface area contributed by atoms with E-state index in [0.717, 1.165) is 37.5 Å². The Balaban J connectivity index is 1.76. The Morgan fingerprint density at radius 1 is 1.20 bits per heavy atom. The molecule has 1 aliphatic rings. The van der Waals surface area contributed by atoms with E-state index >= 15 is 0 Å². The number of methoxy groups -OCH3 is 1. The number of para-hydroxylation sites is 1. The van der Waals surface area contributed by atoms with Crippen molar-refractivity contribution in [3.05, 3.63) is 23.8 Å². The minimum Gasteiger partial charge on any atom is -0.489 e. The predicted molar refractivity (Wildman–Crippen MR) is 80.7 cm³/mol. The molecule has 0 radical (unpaired) electrons. The van der Waals surface area contributed by atoms with Crippen molar-refractivity contribution in [2.24, 2.45) is 0 Å². The standard InChI is InChI=1S/C16H25NO3/c1-13-7-8-14-5-3-6-15(16(14)17-13)20-12-11-19-10-4-9-18-2/h3,5-6,13,17H,4,7-12H2,1-2H3. The van der Waals surface area contributed by atoms with Crippen LogP contribution < -0.4 is 10.1 Å². The average Bonchev–Trinajstić information content (AvgIpc) is 2.46. The number of aryl methyl sites for hydroxylation is 1. The molecule has 0 spiro atoms. The Hall–Kier alpha value is -1.26. The summed E-state index contributed by atoms with van der Waals surface area (Å²) in [5.41, 5.74) is 2.51. The van der Waals surface area contributed by atoms with E-state index in [1.54, 1.807) is 7.11 Å². The lowest BCUT2D eigenvalue weighted by molar-refractivity contribution is 0.0807. The van der Waals surface area contributed by atoms with Crippen LogP contribution in [0.25, 0.3) is 0 Å². The lowest BCUT2D eigenvalue weighted by Gasteiger charge is -2.26. The number of nitrogens with one attached hydrogen (secondary N) is 1. The first-order valence-corrected chi connectivity index (χ1v) is 7.39. The van der Waals surface area contributed by atoms with E-state index in [2.05, 4.69) is 24.4 Å². The van der Waals surface area contributed by atoms with Crippen molar-refractivity contribution in [1.82, 2.24) is 0 Å². The molecule has 0 bridgehead atoms. The van der Waals surface area contributed by atoms with Gasteiger partial charge in [-0.05, 0) is 37.8 Å². The minimum absolute atomic E-state index is 0.512. The zero-order valence-electron chi connectivity index (χ0n) is 12.5. The van der Waals surface area contributed by atoms with E-state index in [-0.39, 0.29) is 0 Å². The van der Waals surface area contributed by atoms with Crippen molar-refractivity contribution >= 4 is 5.69 Å². The monoisotopic (exact) mass is 279 g/mol. The Morgan fingerprint density at radius 3 is 2.95 bits per heavy atom. The van der Waals surface area contributed by atoms with Crippen LogP contribution in [0.2, 0.25) is 0 Å². The quantitative estimate of drug-likeness (QED) is 0.743. The average molecular weight is 279 g/mol. The highest BCUT2D eigenvalue weighted by molar-refractivity contribution is 5.63. The molecule has 4 nitrogen and oxygen atoms in total. The van der Waals surface area contributed by atoms with Crippen molar-refractivity contribution in [1.29, 1.82) is 0 Å². The van der Waals surface area contributed by atoms with Crippen LogP contribution in [0.3, 0.4) is 0 Å². The fourth-order valence-corrected chi connectivity index (χ4v) is 2.38. The second kappa shape index (κ2) is 8.12. The van der Waals surface area contributed by atoms with Gasteiger partial charge in [0.05, 0.1) is 12.3 Å². The minimum atomic E-state index is 0.512. The van der Waals surface area contributed by atoms with Gasteiger partial charge in [0, 0.05) is 26.4 Å². The first-order valence-electron chi connectivity index (χ1n) is 7.39. The van der Waals surface area contributed by atoms with Crippen LogP contribution in [0, 0.1) is 0 Å². The third kappa shape index (κ3) is 4.39. The van der Waals surface area contributed by atoms with E-state index in [0.29, 0.717) is 19.3 Å². The lowest BCUT2D eigenvalue weighted by atomic mass is 9.98. The smallest absolute Gasteiger partial charge is 0.142 e. The zero-order valence-corrected chi connectivity index (χ0v) is 12.5. The number of ether oxygens (including phenoxy) is 3. The summed E-state index contributed by atoms with van der Waals surface area (Å²) < 4.78 is 16.3. The maximum atomic E-state index is 5.84. The molecule has 1 aromatic carbocycles. The van der Waals surface area contributed by atoms with Gasteiger partial charge in [0.15, 0.2) is 0 Å². The molecule has 2 rings (SSSR count). The number of fused-ring (bicyclic) bond motifs is 1. The van der Waals surface area contributed by atoms with E-state index in [9.17, 15) is 0 Å². The summed E-state index contributed by atoms with van der Waals surface area (Å²) in [5, 5.41) is 3.51. The predicted octanol–water partition coefficient (Wildman–Crippen LogP) is 2.87. The molecule has 0 aliphatic carbocycles. The summed E-state index contributed by atoms with van der Waals surface area (Å²) in [6.45, 7) is 4.87. The molecular formula is C16H25NO3. The van der Waals surface area contributed by atoms with E-state index in [1.807, 2.05) is 6.07 Å². The molecule has 1 heterocycles. The Bertz CT molecular complexity index is 409. The van der Waals surface area contributed by atoms with Crippen LogP contribution in [0.5, 0.6) is 5.75 Å². The molecule has 0 fully saturated rings. The molecule has 0 aromatic heterocycles. The number of anilines is 1. The molecule has 1 aromatic rings. The third-order valence-corrected chi connectivity index (χ3v) is 3.47. The van der Waals surface area contributed by atoms with Crippen LogP contribution in [0.4, 0.5) is 5.69 Å². The summed E-state index contributed by atoms with van der Waals surface area (Å²) in [5.74, 6) is 0.939. The van der Waals surface area contributed by atoms with Crippen molar-refractivity contribution in [2.45, 2.75) is 32.2 Å². The van der Waals surface area contributed by atoms with Crippen LogP contribution in [-0.4, -0.2) is 39.6 Å². The fourth-order valence-electron chi connectivity index (χ4n) is 2.38. The first kappa shape index (κ1) is 15.1. The normalized spacial score (nSPS) is 17.4. The number of hydrogen-bond acceptors (Lipinski definition) is 4. The Morgan fingerprint density at radius 2 is 2.10 bits per heavy atom. The van der Waals surface area contributed by atoms with E-state index in [4.69, 9.17) is 14.2 Å². The van der Waals surface area contributed by atoms with Gasteiger partial charge in [0.2, 0.25) is 0 Å². The largest absolute Gasteiger partial charge is 0.489 e. The third-order valence-electron chi connectivity index (χ3n) is 3.47. The zero-order chi connectivity index (χ0) is 14.2. The van der Waals surface area contributed by atoms with Gasteiger partial charge in [-0.3, -0.25) is 0 Å². The van der Waals surface area contributed by atoms with Crippen molar-refractivity contribution in [3.63, 3.8) is 0 Å². The van der Waals surface area contributed by atoms with Gasteiger partial charge in [-0.15, -0.1) is 0 Å². The van der Waals surface area contributed by atoms with Crippen molar-refractivity contribution in [3.8, 4) is 5.75 Å². The summed E-state index contributed by atoms with van der Waals surface area (Å²) >= 11 is 0. The van der Waals surface area contributed by atoms with Crippen LogP contribution in [0.1, 0.15) is 25.3 Å². The Labute approximate surface area is 121 Å². The van der Waals surface area contributed by atoms with Gasteiger partial charge < -0.3 is 19.5 Å². The number of hydrogen-bond donors (Lipinski definition) is 1. The van der Waals surface area contributed by atoms with Crippen LogP contribution in [0.15, 0.2) is 18.2 Å². The molecular weight excluding hydrogens is 254 g/mol. The van der Waals surface area contributed by atoms with Gasteiger partial charge in [-0.25, -0.2) is 0 Å². The Kier molecular flexibility index (Phi) is 6.15. The maximum absolute atomic E-state index is 5.84. The van der Waals surface area contributed by atoms with Gasteiger partial charge in [0.25, 0.3) is 0 Å². The van der Waals surface area contributed by atoms with Crippen LogP contribution >= 0.6 is 0 Å². The van der Waals surface area contributed by atoms with E-state index < -0.39 is 0 Å². The molecule has 1 aliphatic heterocycles. The van der Waals surface area contributed by atoms with Gasteiger partial charge in [-0.2, -0.15) is 0 Å². The van der Waals surface area contributed by atoms with E-state index in [1.165, 1.54) is 12.0 Å². The highest BCUT2D eigenvalue weighted by Gasteiger charge is 2.17. The van der Waals surface area contributed by atoms with Gasteiger partial charge >= 0.3 is 0 Å². The molecule has 1 unspecified atom stereocenters. The molecule has 1 N–H and O–H groups in total. The maximum Gasteiger partial charge on any atom is 0.142 e. The molecule has 0 saturated heterocycles. The SMILES string of the molecule is COCCCOCCOc1cccc2c1NC(C)CC2. The number of rotatable bonds is 8. The second-order valence-electron chi connectivity index (χ2n) is 5.18. The second-order valence-corrected chi connectivity index (χ2v) is 5.18. The highest BCUT2D eigenvalue weighted by atomic mass is 16.5. The fraction of sp³-hybridized carbons (Fsp3) is 0.625. The topological polar surface area (TPSA) is 39.7 Å². The lowest BCUT2D eigenvalue weighted by Crippen LogP contribution is -2.22. The summed E-state index contributed by atoms with van der Waals surface area (Å²) in [6.07, 6.45) is 3.23. The van der Waals surface area contributed by atoms with Gasteiger partial charge in [0.1, 0.15) is 12.4 Å². The molecule has 0 saturated carbocycles. The highest BCUT2D eigenvalue weighted by Crippen LogP contribution is 2.33. The molecule has 4 heteroatoms. The molecule has 20 heavy (non-hydrogen) atoms. The summed E-state index contributed by atoms with van der Waals surface area (Å²) in [6, 6.07) is 6.76. The summed E-state index contributed by atoms with van der Waals surface area (Å²) in [4.78, 5) is 0. The first-order chi connectivity index (χ1) is 9.81. The van der Waals surface area contributed by atoms with Crippen molar-refractivity contribution in [2.75, 3.05) is 38.9 Å². The summed E-state index contributed by atoms with van der Waals surface area (Å²) in [7, 11) is 1.70. The molecule has 1 atom stereocenters. The van der Waals surface area contributed by atoms with Crippen molar-refractivity contribution < 1.29 is 14.2 Å².